The SMILES string of the molecule is CC[C@H](C)[C@@H](C(=O)OP(=O)(O)Cl)N(CC)OC. The largest absolute Gasteiger partial charge is 0.476 e. The van der Waals surface area contributed by atoms with E-state index in [0.717, 1.165) is 0 Å². The molecule has 1 N–H and O–H groups in total. The van der Waals surface area contributed by atoms with Gasteiger partial charge in [-0.1, -0.05) is 27.2 Å². The smallest absolute Gasteiger partial charge is 0.379 e. The Hall–Kier alpha value is -0.130. The van der Waals surface area contributed by atoms with Gasteiger partial charge in [0.25, 0.3) is 0 Å². The zero-order valence-electron chi connectivity index (χ0n) is 10.4. The number of hydrogen-bond acceptors (Lipinski definition) is 5. The molecule has 0 rings (SSSR count). The van der Waals surface area contributed by atoms with Gasteiger partial charge < -0.3 is 14.3 Å². The molecule has 0 radical (unpaired) electrons. The van der Waals surface area contributed by atoms with E-state index in [4.69, 9.17) is 21.0 Å². The number of hydroxylamine groups is 2. The van der Waals surface area contributed by atoms with Crippen LogP contribution in [0.2, 0.25) is 0 Å². The molecule has 0 amide bonds. The van der Waals surface area contributed by atoms with E-state index >= 15 is 0 Å². The fourth-order valence-electron chi connectivity index (χ4n) is 1.46. The molecular formula is C9H19ClNO5P. The van der Waals surface area contributed by atoms with Gasteiger partial charge in [0, 0.05) is 17.8 Å². The second-order valence-corrected chi connectivity index (χ2v) is 5.98. The topological polar surface area (TPSA) is 76.1 Å². The molecule has 0 saturated carbocycles. The van der Waals surface area contributed by atoms with Crippen LogP contribution < -0.4 is 0 Å². The summed E-state index contributed by atoms with van der Waals surface area (Å²) in [7, 11) is 1.42. The summed E-state index contributed by atoms with van der Waals surface area (Å²) in [4.78, 5) is 25.6. The number of carbonyl (C=O) groups excluding carboxylic acids is 1. The number of nitrogens with zero attached hydrogens (tertiary/aromatic N) is 1. The molecule has 0 bridgehead atoms. The molecule has 6 nitrogen and oxygen atoms in total. The van der Waals surface area contributed by atoms with Crippen LogP contribution in [-0.4, -0.2) is 35.6 Å². The Labute approximate surface area is 106 Å². The van der Waals surface area contributed by atoms with Crippen molar-refractivity contribution < 1.29 is 23.6 Å². The average molecular weight is 288 g/mol. The first kappa shape index (κ1) is 16.9. The highest BCUT2D eigenvalue weighted by Gasteiger charge is 2.35. The standard InChI is InChI=1S/C9H19ClNO5P/c1-5-7(3)8(11(6-2)15-4)9(12)16-17(10,13)14/h7-8H,5-6H2,1-4H3,(H,13,14)/t7-,8-/m0/s1. The highest BCUT2D eigenvalue weighted by Crippen LogP contribution is 2.48. The summed E-state index contributed by atoms with van der Waals surface area (Å²) in [5.41, 5.74) is 0. The number of halogens is 1. The predicted octanol–water partition coefficient (Wildman–Crippen LogP) is 2.17. The van der Waals surface area contributed by atoms with Gasteiger partial charge >= 0.3 is 12.9 Å². The van der Waals surface area contributed by atoms with Crippen molar-refractivity contribution in [3.05, 3.63) is 0 Å². The van der Waals surface area contributed by atoms with Crippen molar-refractivity contribution >= 4 is 24.2 Å². The van der Waals surface area contributed by atoms with Gasteiger partial charge in [-0.3, -0.25) is 0 Å². The van der Waals surface area contributed by atoms with Crippen LogP contribution in [0, 0.1) is 5.92 Å². The minimum Gasteiger partial charge on any atom is -0.379 e. The van der Waals surface area contributed by atoms with Gasteiger partial charge in [0.05, 0.1) is 7.11 Å². The summed E-state index contributed by atoms with van der Waals surface area (Å²) in [5.74, 6) is -0.950. The highest BCUT2D eigenvalue weighted by atomic mass is 35.7. The van der Waals surface area contributed by atoms with Gasteiger partial charge in [-0.15, -0.1) is 0 Å². The minimum atomic E-state index is -4.35. The van der Waals surface area contributed by atoms with Crippen LogP contribution in [0.1, 0.15) is 27.2 Å². The molecule has 0 aliphatic heterocycles. The lowest BCUT2D eigenvalue weighted by atomic mass is 9.99. The lowest BCUT2D eigenvalue weighted by Crippen LogP contribution is -2.45. The van der Waals surface area contributed by atoms with Crippen molar-refractivity contribution in [3.63, 3.8) is 0 Å². The van der Waals surface area contributed by atoms with Crippen LogP contribution in [0.3, 0.4) is 0 Å². The fraction of sp³-hybridized carbons (Fsp3) is 0.889. The third-order valence-corrected chi connectivity index (χ3v) is 3.10. The molecule has 1 unspecified atom stereocenters. The number of rotatable bonds is 7. The summed E-state index contributed by atoms with van der Waals surface area (Å²) in [6, 6.07) is -0.755. The zero-order valence-corrected chi connectivity index (χ0v) is 12.1. The van der Waals surface area contributed by atoms with Crippen molar-refractivity contribution in [2.24, 2.45) is 5.92 Å². The Bertz CT molecular complexity index is 291. The van der Waals surface area contributed by atoms with Gasteiger partial charge in [-0.2, -0.15) is 5.06 Å². The molecule has 0 spiro atoms. The van der Waals surface area contributed by atoms with E-state index in [9.17, 15) is 9.36 Å². The van der Waals surface area contributed by atoms with Crippen LogP contribution in [0.4, 0.5) is 0 Å². The molecule has 0 aromatic carbocycles. The van der Waals surface area contributed by atoms with E-state index in [1.165, 1.54) is 12.2 Å². The Kier molecular flexibility index (Phi) is 7.28. The zero-order chi connectivity index (χ0) is 13.6. The monoisotopic (exact) mass is 287 g/mol. The quantitative estimate of drug-likeness (QED) is 0.571. The molecule has 0 aliphatic carbocycles. The summed E-state index contributed by atoms with van der Waals surface area (Å²) in [6.07, 6.45) is 0.692. The summed E-state index contributed by atoms with van der Waals surface area (Å²) >= 11 is 5.02. The maximum Gasteiger partial charge on any atom is 0.476 e. The highest BCUT2D eigenvalue weighted by molar-refractivity contribution is 7.80. The number of likely N-dealkylation sites (N-methyl/N-ethyl adjacent to an activating group) is 1. The first-order chi connectivity index (χ1) is 7.76. The molecule has 102 valence electrons. The average Bonchev–Trinajstić information content (AvgIpc) is 2.21. The van der Waals surface area contributed by atoms with E-state index in [2.05, 4.69) is 4.52 Å². The van der Waals surface area contributed by atoms with Crippen LogP contribution in [0.15, 0.2) is 0 Å². The third kappa shape index (κ3) is 5.84. The summed E-state index contributed by atoms with van der Waals surface area (Å²) in [5, 5.41) is 1.39. The van der Waals surface area contributed by atoms with Crippen LogP contribution in [0.5, 0.6) is 0 Å². The molecule has 0 heterocycles. The molecular weight excluding hydrogens is 269 g/mol. The predicted molar refractivity (Wildman–Crippen MR) is 64.4 cm³/mol. The van der Waals surface area contributed by atoms with Crippen LogP contribution in [-0.2, 0) is 18.7 Å². The maximum absolute atomic E-state index is 11.8. The van der Waals surface area contributed by atoms with Gasteiger partial charge in [0.1, 0.15) is 6.04 Å². The Morgan fingerprint density at radius 1 is 1.53 bits per heavy atom. The fourth-order valence-corrected chi connectivity index (χ4v) is 2.00. The second-order valence-electron chi connectivity index (χ2n) is 3.61. The third-order valence-electron chi connectivity index (χ3n) is 2.48. The van der Waals surface area contributed by atoms with Crippen molar-refractivity contribution in [2.45, 2.75) is 33.2 Å². The molecule has 0 aliphatic rings. The Morgan fingerprint density at radius 3 is 2.35 bits per heavy atom. The number of carbonyl (C=O) groups is 1. The molecule has 0 fully saturated rings. The van der Waals surface area contributed by atoms with E-state index in [-0.39, 0.29) is 5.92 Å². The molecule has 0 saturated heterocycles. The van der Waals surface area contributed by atoms with E-state index < -0.39 is 19.0 Å². The van der Waals surface area contributed by atoms with Crippen molar-refractivity contribution in [1.82, 2.24) is 5.06 Å². The maximum atomic E-state index is 11.8. The Morgan fingerprint density at radius 2 is 2.06 bits per heavy atom. The summed E-state index contributed by atoms with van der Waals surface area (Å²) < 4.78 is 15.2. The van der Waals surface area contributed by atoms with Gasteiger partial charge in [-0.05, 0) is 5.92 Å². The van der Waals surface area contributed by atoms with Gasteiger partial charge in [0.2, 0.25) is 0 Å². The summed E-state index contributed by atoms with van der Waals surface area (Å²) in [6.45, 7) is 1.61. The molecule has 0 aromatic heterocycles. The van der Waals surface area contributed by atoms with Crippen molar-refractivity contribution in [3.8, 4) is 0 Å². The van der Waals surface area contributed by atoms with E-state index in [0.29, 0.717) is 13.0 Å². The van der Waals surface area contributed by atoms with Crippen molar-refractivity contribution in [2.75, 3.05) is 13.7 Å². The normalized spacial score (nSPS) is 18.5. The van der Waals surface area contributed by atoms with Gasteiger partial charge in [0.15, 0.2) is 0 Å². The van der Waals surface area contributed by atoms with Crippen molar-refractivity contribution in [1.29, 1.82) is 0 Å². The van der Waals surface area contributed by atoms with E-state index in [1.807, 2.05) is 13.8 Å². The number of hydrogen-bond donors (Lipinski definition) is 1. The molecule has 3 atom stereocenters. The van der Waals surface area contributed by atoms with Crippen LogP contribution >= 0.6 is 18.2 Å². The van der Waals surface area contributed by atoms with E-state index in [1.54, 1.807) is 6.92 Å². The first-order valence-corrected chi connectivity index (χ1v) is 7.81. The lowest BCUT2D eigenvalue weighted by Gasteiger charge is -2.30. The van der Waals surface area contributed by atoms with Crippen LogP contribution in [0.25, 0.3) is 0 Å². The van der Waals surface area contributed by atoms with Gasteiger partial charge in [-0.25, -0.2) is 9.36 Å². The minimum absolute atomic E-state index is 0.0920. The molecule has 8 heteroatoms. The lowest BCUT2D eigenvalue weighted by molar-refractivity contribution is -0.188. The first-order valence-electron chi connectivity index (χ1n) is 5.33. The molecule has 0 aromatic rings. The Balaban J connectivity index is 4.91. The second kappa shape index (κ2) is 7.34. The molecule has 17 heavy (non-hydrogen) atoms.